The first kappa shape index (κ1) is 19.0. The molecule has 116 valence electrons. The molecule has 1 rings (SSSR count). The van der Waals surface area contributed by atoms with Crippen LogP contribution in [0.25, 0.3) is 0 Å². The molecule has 0 spiro atoms. The topological polar surface area (TPSA) is 58.2 Å². The number of carbonyl (C=O) groups excluding carboxylic acids is 2. The molecule has 0 aromatic rings. The Morgan fingerprint density at radius 2 is 1.55 bits per heavy atom. The van der Waals surface area contributed by atoms with Crippen molar-refractivity contribution in [2.75, 3.05) is 13.0 Å². The number of hydrogen-bond donors (Lipinski definition) is 2. The third-order valence-electron chi connectivity index (χ3n) is 3.02. The summed E-state index contributed by atoms with van der Waals surface area (Å²) in [5, 5.41) is 5.38. The van der Waals surface area contributed by atoms with Gasteiger partial charge in [0.1, 0.15) is 7.85 Å². The molecule has 0 aromatic carbocycles. The normalized spacial score (nSPS) is 15.8. The van der Waals surface area contributed by atoms with Gasteiger partial charge in [-0.05, 0) is 25.2 Å². The van der Waals surface area contributed by atoms with Gasteiger partial charge in [0.15, 0.2) is 0 Å². The molecule has 0 atom stereocenters. The zero-order valence-corrected chi connectivity index (χ0v) is 13.6. The van der Waals surface area contributed by atoms with Crippen molar-refractivity contribution in [2.24, 2.45) is 11.8 Å². The van der Waals surface area contributed by atoms with Gasteiger partial charge >= 0.3 is 0 Å². The molecule has 1 aliphatic carbocycles. The van der Waals surface area contributed by atoms with Crippen LogP contribution in [0.15, 0.2) is 0 Å². The lowest BCUT2D eigenvalue weighted by atomic mass is 9.99. The monoisotopic (exact) mass is 282 g/mol. The Morgan fingerprint density at radius 1 is 1.05 bits per heavy atom. The molecule has 0 heterocycles. The number of hydrogen-bond acceptors (Lipinski definition) is 2. The van der Waals surface area contributed by atoms with Gasteiger partial charge in [0.2, 0.25) is 11.8 Å². The molecule has 1 saturated carbocycles. The lowest BCUT2D eigenvalue weighted by Gasteiger charge is -2.13. The van der Waals surface area contributed by atoms with Crippen molar-refractivity contribution in [1.29, 1.82) is 0 Å². The molecule has 4 nitrogen and oxygen atoms in total. The minimum Gasteiger partial charge on any atom is -0.363 e. The summed E-state index contributed by atoms with van der Waals surface area (Å²) >= 11 is 0. The van der Waals surface area contributed by atoms with Crippen LogP contribution in [0.4, 0.5) is 0 Å². The summed E-state index contributed by atoms with van der Waals surface area (Å²) in [4.78, 5) is 22.9. The fourth-order valence-corrected chi connectivity index (χ4v) is 2.11. The van der Waals surface area contributed by atoms with Crippen molar-refractivity contribution in [3.63, 3.8) is 0 Å². The van der Waals surface area contributed by atoms with Crippen LogP contribution in [0.2, 0.25) is 0 Å². The highest BCUT2D eigenvalue weighted by atomic mass is 16.2. The van der Waals surface area contributed by atoms with E-state index in [1.165, 1.54) is 12.8 Å². The van der Waals surface area contributed by atoms with E-state index in [-0.39, 0.29) is 24.3 Å². The first-order valence-corrected chi connectivity index (χ1v) is 8.01. The van der Waals surface area contributed by atoms with E-state index in [2.05, 4.69) is 31.4 Å². The molecule has 2 amide bonds. The third kappa shape index (κ3) is 10.9. The second-order valence-corrected chi connectivity index (χ2v) is 6.09. The maximum Gasteiger partial charge on any atom is 0.238 e. The van der Waals surface area contributed by atoms with Crippen LogP contribution in [-0.4, -0.2) is 32.6 Å². The van der Waals surface area contributed by atoms with Gasteiger partial charge < -0.3 is 10.6 Å². The summed E-state index contributed by atoms with van der Waals surface area (Å²) in [6.45, 7) is 6.61. The lowest BCUT2D eigenvalue weighted by molar-refractivity contribution is -0.128. The van der Waals surface area contributed by atoms with E-state index < -0.39 is 0 Å². The number of rotatable bonds is 4. The highest BCUT2D eigenvalue weighted by Crippen LogP contribution is 2.22. The van der Waals surface area contributed by atoms with Gasteiger partial charge in [-0.3, -0.25) is 9.59 Å². The van der Waals surface area contributed by atoms with Crippen LogP contribution in [-0.2, 0) is 9.59 Å². The fourth-order valence-electron chi connectivity index (χ4n) is 2.11. The molecule has 0 bridgehead atoms. The van der Waals surface area contributed by atoms with Gasteiger partial charge in [-0.15, -0.1) is 0 Å². The van der Waals surface area contributed by atoms with Crippen LogP contribution in [0.1, 0.15) is 59.3 Å². The largest absolute Gasteiger partial charge is 0.363 e. The highest BCUT2D eigenvalue weighted by molar-refractivity contribution is 6.10. The van der Waals surface area contributed by atoms with Gasteiger partial charge in [-0.25, -0.2) is 0 Å². The van der Waals surface area contributed by atoms with Crippen LogP contribution in [0, 0.1) is 11.8 Å². The summed E-state index contributed by atoms with van der Waals surface area (Å²) < 4.78 is 0. The zero-order valence-electron chi connectivity index (χ0n) is 13.6. The maximum atomic E-state index is 11.8. The molecule has 0 aliphatic heterocycles. The van der Waals surface area contributed by atoms with Crippen molar-refractivity contribution in [3.8, 4) is 0 Å². The van der Waals surface area contributed by atoms with Crippen LogP contribution >= 0.6 is 0 Å². The molecule has 1 aliphatic rings. The molecular weight excluding hydrogens is 251 g/mol. The van der Waals surface area contributed by atoms with E-state index >= 15 is 0 Å². The summed E-state index contributed by atoms with van der Waals surface area (Å²) in [5.41, 5.74) is 0. The first-order chi connectivity index (χ1) is 9.47. The number of nitrogens with one attached hydrogen (secondary N) is 2. The average Bonchev–Trinajstić information content (AvgIpc) is 2.64. The van der Waals surface area contributed by atoms with Crippen molar-refractivity contribution in [1.82, 2.24) is 10.6 Å². The summed E-state index contributed by atoms with van der Waals surface area (Å²) in [6, 6.07) is 0. The average molecular weight is 282 g/mol. The predicted octanol–water partition coefficient (Wildman–Crippen LogP) is 1.44. The molecule has 0 radical (unpaired) electrons. The molecule has 0 aromatic heterocycles. The van der Waals surface area contributed by atoms with Crippen molar-refractivity contribution in [2.45, 2.75) is 59.3 Å². The van der Waals surface area contributed by atoms with Crippen molar-refractivity contribution in [3.05, 3.63) is 0 Å². The molecule has 0 unspecified atom stereocenters. The van der Waals surface area contributed by atoms with Crippen molar-refractivity contribution >= 4 is 19.7 Å². The second kappa shape index (κ2) is 11.8. The maximum absolute atomic E-state index is 11.8. The van der Waals surface area contributed by atoms with E-state index in [9.17, 15) is 9.59 Å². The lowest BCUT2D eigenvalue weighted by Crippen LogP contribution is -2.39. The minimum absolute atomic E-state index is 0.0492. The summed E-state index contributed by atoms with van der Waals surface area (Å²) in [7, 11) is 1.87. The quantitative estimate of drug-likeness (QED) is 0.605. The summed E-state index contributed by atoms with van der Waals surface area (Å²) in [6.07, 6.45) is 7.30. The molecule has 2 N–H and O–H groups in total. The zero-order chi connectivity index (χ0) is 15.4. The van der Waals surface area contributed by atoms with Gasteiger partial charge in [0, 0.05) is 5.92 Å². The van der Waals surface area contributed by atoms with E-state index in [0.717, 1.165) is 31.6 Å². The Balaban J connectivity index is 0.000000796. The molecule has 1 fully saturated rings. The van der Waals surface area contributed by atoms with Gasteiger partial charge in [-0.1, -0.05) is 46.5 Å². The molecular formula is C15H31BN2O2. The van der Waals surface area contributed by atoms with Crippen molar-refractivity contribution < 1.29 is 9.59 Å². The van der Waals surface area contributed by atoms with E-state index in [1.54, 1.807) is 0 Å². The smallest absolute Gasteiger partial charge is 0.238 e. The van der Waals surface area contributed by atoms with Gasteiger partial charge in [0.05, 0.1) is 6.54 Å². The molecule has 0 saturated heterocycles. The predicted molar refractivity (Wildman–Crippen MR) is 86.3 cm³/mol. The Hall–Kier alpha value is -0.995. The SMILES string of the molecule is BCNC(=O)CNC(=O)C1CCCCCC1.CC(C)C. The van der Waals surface area contributed by atoms with E-state index in [1.807, 2.05) is 7.85 Å². The van der Waals surface area contributed by atoms with E-state index in [0.29, 0.717) is 6.44 Å². The minimum atomic E-state index is -0.107. The second-order valence-electron chi connectivity index (χ2n) is 6.09. The molecule has 5 heteroatoms. The van der Waals surface area contributed by atoms with Crippen LogP contribution < -0.4 is 10.6 Å². The number of amides is 2. The molecule has 20 heavy (non-hydrogen) atoms. The third-order valence-corrected chi connectivity index (χ3v) is 3.02. The standard InChI is InChI=1S/C11H21BN2O2.C4H10/c12-8-14-10(15)7-13-11(16)9-5-3-1-2-4-6-9;1-4(2)3/h9H,1-8,12H2,(H,13,16)(H,14,15);4H,1-3H3. The van der Waals surface area contributed by atoms with E-state index in [4.69, 9.17) is 0 Å². The Bertz CT molecular complexity index is 272. The van der Waals surface area contributed by atoms with Crippen LogP contribution in [0.3, 0.4) is 0 Å². The van der Waals surface area contributed by atoms with Gasteiger partial charge in [-0.2, -0.15) is 0 Å². The first-order valence-electron chi connectivity index (χ1n) is 8.01. The Morgan fingerprint density at radius 3 is 2.00 bits per heavy atom. The van der Waals surface area contributed by atoms with Crippen LogP contribution in [0.5, 0.6) is 0 Å². The highest BCUT2D eigenvalue weighted by Gasteiger charge is 2.19. The number of carbonyl (C=O) groups is 2. The fraction of sp³-hybridized carbons (Fsp3) is 0.867. The Kier molecular flexibility index (Phi) is 11.2. The summed E-state index contributed by atoms with van der Waals surface area (Å²) in [5.74, 6) is 0.898. The van der Waals surface area contributed by atoms with Gasteiger partial charge in [0.25, 0.3) is 0 Å². The Labute approximate surface area is 124 Å².